The quantitative estimate of drug-likeness (QED) is 0.0584. The predicted molar refractivity (Wildman–Crippen MR) is 238 cm³/mol. The van der Waals surface area contributed by atoms with Crippen molar-refractivity contribution in [2.24, 2.45) is 0 Å². The van der Waals surface area contributed by atoms with E-state index in [0.29, 0.717) is 26.1 Å². The predicted octanol–water partition coefficient (Wildman–Crippen LogP) is 12.8. The zero-order valence-electron chi connectivity index (χ0n) is 36.9. The second kappa shape index (κ2) is 29.4. The minimum atomic E-state index is -2.44. The molecule has 2 heterocycles. The van der Waals surface area contributed by atoms with Crippen LogP contribution < -0.4 is 9.47 Å². The molecule has 2 aromatic carbocycles. The molecule has 2 aliphatic rings. The Balaban J connectivity index is 0.000000338. The third-order valence-corrected chi connectivity index (χ3v) is 25.1. The average molecular weight is 912 g/mol. The fourth-order valence-electron chi connectivity index (χ4n) is 7.66. The third kappa shape index (κ3) is 19.1. The van der Waals surface area contributed by atoms with Gasteiger partial charge < -0.3 is 14.2 Å². The van der Waals surface area contributed by atoms with Gasteiger partial charge in [-0.05, 0) is 44.4 Å². The number of hydrogen-bond acceptors (Lipinski definition) is 8. The van der Waals surface area contributed by atoms with Crippen molar-refractivity contribution in [1.82, 2.24) is 0 Å². The summed E-state index contributed by atoms with van der Waals surface area (Å²) in [7, 11) is 0. The van der Waals surface area contributed by atoms with Crippen molar-refractivity contribution < 1.29 is 38.0 Å². The molecule has 324 valence electrons. The van der Waals surface area contributed by atoms with Gasteiger partial charge in [-0.3, -0.25) is 4.79 Å². The molecule has 2 unspecified atom stereocenters. The molecule has 2 aliphatic heterocycles. The molecule has 0 amide bonds. The van der Waals surface area contributed by atoms with Crippen molar-refractivity contribution in [3.63, 3.8) is 0 Å². The fraction of sp³-hybridized carbons (Fsp3) is 0.633. The van der Waals surface area contributed by atoms with Gasteiger partial charge in [0.25, 0.3) is 0 Å². The van der Waals surface area contributed by atoms with Gasteiger partial charge >= 0.3 is 226 Å². The van der Waals surface area contributed by atoms with Crippen LogP contribution in [-0.4, -0.2) is 69.3 Å². The minimum absolute atomic E-state index is 0.0269. The number of benzene rings is 2. The number of rotatable bonds is 24. The van der Waals surface area contributed by atoms with E-state index in [4.69, 9.17) is 28.4 Å². The molecule has 58 heavy (non-hydrogen) atoms. The van der Waals surface area contributed by atoms with Crippen molar-refractivity contribution in [3.05, 3.63) is 82.0 Å². The Bertz CT molecular complexity index is 1420. The molecule has 4 rings (SSSR count). The second-order valence-corrected chi connectivity index (χ2v) is 28.8. The Labute approximate surface area is 355 Å². The maximum atomic E-state index is 12.5. The van der Waals surface area contributed by atoms with Gasteiger partial charge in [0.15, 0.2) is 6.29 Å². The van der Waals surface area contributed by atoms with Gasteiger partial charge in [-0.2, -0.15) is 0 Å². The molecule has 0 radical (unpaired) electrons. The van der Waals surface area contributed by atoms with Crippen LogP contribution in [-0.2, 0) is 28.5 Å². The number of ether oxygens (including phenoxy) is 6. The van der Waals surface area contributed by atoms with Gasteiger partial charge in [0.05, 0.1) is 19.6 Å². The number of allylic oxidation sites excluding steroid dienone is 3. The molecule has 0 saturated carbocycles. The fourth-order valence-corrected chi connectivity index (χ4v) is 22.1. The summed E-state index contributed by atoms with van der Waals surface area (Å²) in [4.78, 5) is 24.3. The van der Waals surface area contributed by atoms with Crippen LogP contribution in [0.15, 0.2) is 70.9 Å². The summed E-state index contributed by atoms with van der Waals surface area (Å²) >= 11 is -2.44. The van der Waals surface area contributed by atoms with E-state index in [2.05, 4.69) is 43.1 Å². The Morgan fingerprint density at radius 3 is 1.40 bits per heavy atom. The number of carbonyl (C=O) groups excluding carboxylic acids is 2. The molecule has 2 aromatic rings. The molecular weight excluding hydrogens is 835 g/mol. The number of unbranched alkanes of at least 4 members (excludes halogenated alkanes) is 3. The summed E-state index contributed by atoms with van der Waals surface area (Å²) in [5.41, 5.74) is 2.24. The standard InChI is InChI=1S/C19H26O4.C18H23O4.3C4H9.Sn/c1-3-7-16(14-18(20)21-4-2)15-9-11-17(12-10-15)23-19-8-5-6-13-22-19;1-3-14(13-17(19)20-4-2)15-8-10-16(11-9-15)22-18-7-5-6-12-21-18;3*1-3-4-2;/h3,7,9-12,16,19H,4-6,8,13-14H2,1-2H3;1,3,8-11,14,18H,4-7,12-13H2,2H3;3*1,3-4H2,2H3;/b7-3+;;;;;/t16-,19?;14-,18?;;;;/m11..../s1. The Kier molecular flexibility index (Phi) is 25.1. The number of hydrogen-bond donors (Lipinski definition) is 0. The molecular formula is C49H76O8Sn. The van der Waals surface area contributed by atoms with E-state index in [1.807, 2.05) is 69.3 Å². The Morgan fingerprint density at radius 1 is 0.638 bits per heavy atom. The molecule has 2 saturated heterocycles. The van der Waals surface area contributed by atoms with Crippen LogP contribution in [0.3, 0.4) is 0 Å². The topological polar surface area (TPSA) is 89.5 Å². The van der Waals surface area contributed by atoms with Gasteiger partial charge in [0.2, 0.25) is 0 Å². The first-order chi connectivity index (χ1) is 28.3. The van der Waals surface area contributed by atoms with Gasteiger partial charge in [0, 0.05) is 12.3 Å². The summed E-state index contributed by atoms with van der Waals surface area (Å²) in [5, 5.41) is 0. The van der Waals surface area contributed by atoms with Crippen LogP contribution in [0.4, 0.5) is 0 Å². The van der Waals surface area contributed by atoms with Crippen LogP contribution in [0.1, 0.15) is 154 Å². The molecule has 0 bridgehead atoms. The first kappa shape index (κ1) is 49.5. The Morgan fingerprint density at radius 2 is 1.05 bits per heavy atom. The van der Waals surface area contributed by atoms with E-state index < -0.39 is 18.4 Å². The van der Waals surface area contributed by atoms with Crippen LogP contribution >= 0.6 is 0 Å². The Hall–Kier alpha value is -2.82. The van der Waals surface area contributed by atoms with Crippen LogP contribution in [0, 0.1) is 0 Å². The van der Waals surface area contributed by atoms with E-state index in [9.17, 15) is 9.59 Å². The molecule has 4 atom stereocenters. The number of carbonyl (C=O) groups is 2. The van der Waals surface area contributed by atoms with Gasteiger partial charge in [0.1, 0.15) is 5.75 Å². The van der Waals surface area contributed by atoms with Crippen molar-refractivity contribution >= 4 is 30.3 Å². The molecule has 0 N–H and O–H groups in total. The zero-order chi connectivity index (χ0) is 41.9. The summed E-state index contributed by atoms with van der Waals surface area (Å²) < 4.78 is 40.6. The SMILES string of the molecule is C/C=C/[C@H](CC(=O)OCC)c1ccc(OC2CCCCO2)cc1.CCC[CH2][Sn](/[CH]=C/[C@H](CC(=O)OCC)c1ccc(OC2CCCCO2)cc1)([CH2]CCC)[CH2]CCC. The molecule has 0 aromatic heterocycles. The van der Waals surface area contributed by atoms with Gasteiger partial charge in [-0.25, -0.2) is 0 Å². The second-order valence-electron chi connectivity index (χ2n) is 15.8. The first-order valence-corrected chi connectivity index (χ1v) is 30.4. The molecule has 2 fully saturated rings. The zero-order valence-corrected chi connectivity index (χ0v) is 39.7. The van der Waals surface area contributed by atoms with E-state index in [1.54, 1.807) is 0 Å². The normalized spacial score (nSPS) is 18.2. The van der Waals surface area contributed by atoms with Gasteiger partial charge in [-0.1, -0.05) is 24.3 Å². The average Bonchev–Trinajstić information content (AvgIpc) is 3.24. The van der Waals surface area contributed by atoms with Crippen molar-refractivity contribution in [1.29, 1.82) is 0 Å². The molecule has 0 aliphatic carbocycles. The van der Waals surface area contributed by atoms with Crippen molar-refractivity contribution in [2.75, 3.05) is 26.4 Å². The maximum absolute atomic E-state index is 12.5. The van der Waals surface area contributed by atoms with Gasteiger partial charge in [-0.15, -0.1) is 0 Å². The summed E-state index contributed by atoms with van der Waals surface area (Å²) in [6.45, 7) is 15.0. The van der Waals surface area contributed by atoms with E-state index in [1.165, 1.54) is 51.8 Å². The summed E-state index contributed by atoms with van der Waals surface area (Å²) in [6.07, 6.45) is 21.1. The van der Waals surface area contributed by atoms with Crippen molar-refractivity contribution in [2.45, 2.75) is 169 Å². The summed E-state index contributed by atoms with van der Waals surface area (Å²) in [6, 6.07) is 16.2. The van der Waals surface area contributed by atoms with Crippen LogP contribution in [0.5, 0.6) is 11.5 Å². The third-order valence-electron chi connectivity index (χ3n) is 11.0. The van der Waals surface area contributed by atoms with Crippen molar-refractivity contribution in [3.8, 4) is 11.5 Å². The van der Waals surface area contributed by atoms with Crippen LogP contribution in [0.2, 0.25) is 13.3 Å². The summed E-state index contributed by atoms with van der Waals surface area (Å²) in [5.74, 6) is 1.42. The molecule has 8 nitrogen and oxygen atoms in total. The van der Waals surface area contributed by atoms with Crippen LogP contribution in [0.25, 0.3) is 0 Å². The number of esters is 2. The van der Waals surface area contributed by atoms with E-state index in [-0.39, 0.29) is 36.4 Å². The van der Waals surface area contributed by atoms with E-state index in [0.717, 1.165) is 74.4 Å². The monoisotopic (exact) mass is 912 g/mol. The molecule has 9 heteroatoms. The molecule has 0 spiro atoms. The van der Waals surface area contributed by atoms with E-state index >= 15 is 0 Å². The first-order valence-electron chi connectivity index (χ1n) is 22.7.